The molecule has 1 aliphatic heterocycles. The predicted molar refractivity (Wildman–Crippen MR) is 93.8 cm³/mol. The van der Waals surface area contributed by atoms with Gasteiger partial charge in [0.1, 0.15) is 0 Å². The highest BCUT2D eigenvalue weighted by Crippen LogP contribution is 2.27. The summed E-state index contributed by atoms with van der Waals surface area (Å²) in [5.41, 5.74) is 3.75. The van der Waals surface area contributed by atoms with Crippen LogP contribution in [0.5, 0.6) is 0 Å². The minimum absolute atomic E-state index is 0.0603. The molecule has 0 spiro atoms. The Hall–Kier alpha value is -1.66. The molecule has 2 aromatic heterocycles. The summed E-state index contributed by atoms with van der Waals surface area (Å²) in [6.07, 6.45) is 6.26. The van der Waals surface area contributed by atoms with E-state index in [1.807, 2.05) is 24.1 Å². The van der Waals surface area contributed by atoms with Crippen molar-refractivity contribution in [1.29, 1.82) is 0 Å². The third-order valence-electron chi connectivity index (χ3n) is 4.51. The van der Waals surface area contributed by atoms with Gasteiger partial charge in [-0.25, -0.2) is 0 Å². The number of hydrogen-bond donors (Lipinski definition) is 0. The highest BCUT2D eigenvalue weighted by atomic mass is 16.5. The van der Waals surface area contributed by atoms with E-state index in [-0.39, 0.29) is 11.5 Å². The molecule has 2 aromatic rings. The van der Waals surface area contributed by atoms with Gasteiger partial charge >= 0.3 is 0 Å². The van der Waals surface area contributed by atoms with Crippen molar-refractivity contribution in [2.75, 3.05) is 19.7 Å². The van der Waals surface area contributed by atoms with Gasteiger partial charge in [-0.1, -0.05) is 20.8 Å². The number of hydrogen-bond acceptors (Lipinski definition) is 4. The second kappa shape index (κ2) is 6.69. The smallest absolute Gasteiger partial charge is 0.0982 e. The van der Waals surface area contributed by atoms with Gasteiger partial charge in [-0.05, 0) is 6.92 Å². The lowest BCUT2D eigenvalue weighted by atomic mass is 9.89. The topological polar surface area (TPSA) is 48.1 Å². The van der Waals surface area contributed by atoms with Crippen molar-refractivity contribution in [3.05, 3.63) is 35.4 Å². The van der Waals surface area contributed by atoms with Crippen LogP contribution in [0.1, 0.15) is 50.6 Å². The monoisotopic (exact) mass is 331 g/mol. The quantitative estimate of drug-likeness (QED) is 0.864. The largest absolute Gasteiger partial charge is 0.371 e. The number of aromatic nitrogens is 4. The van der Waals surface area contributed by atoms with Gasteiger partial charge in [0.05, 0.1) is 24.6 Å². The van der Waals surface area contributed by atoms with Crippen molar-refractivity contribution in [2.45, 2.75) is 52.3 Å². The van der Waals surface area contributed by atoms with E-state index in [9.17, 15) is 0 Å². The minimum Gasteiger partial charge on any atom is -0.371 e. The lowest BCUT2D eigenvalue weighted by Gasteiger charge is -2.33. The van der Waals surface area contributed by atoms with Crippen molar-refractivity contribution in [3.8, 4) is 0 Å². The van der Waals surface area contributed by atoms with Gasteiger partial charge < -0.3 is 4.74 Å². The molecule has 1 fully saturated rings. The third-order valence-corrected chi connectivity index (χ3v) is 4.51. The summed E-state index contributed by atoms with van der Waals surface area (Å²) in [5.74, 6) is 0. The fourth-order valence-electron chi connectivity index (χ4n) is 3.27. The Morgan fingerprint density at radius 1 is 1.29 bits per heavy atom. The first-order valence-corrected chi connectivity index (χ1v) is 8.76. The van der Waals surface area contributed by atoms with Crippen LogP contribution < -0.4 is 0 Å². The zero-order valence-electron chi connectivity index (χ0n) is 15.5. The molecule has 1 atom stereocenters. The van der Waals surface area contributed by atoms with E-state index in [4.69, 9.17) is 9.84 Å². The molecule has 0 aromatic carbocycles. The van der Waals surface area contributed by atoms with E-state index in [1.54, 1.807) is 0 Å². The van der Waals surface area contributed by atoms with E-state index < -0.39 is 0 Å². The Bertz CT molecular complexity index is 682. The van der Waals surface area contributed by atoms with Gasteiger partial charge in [-0.15, -0.1) is 0 Å². The average Bonchev–Trinajstić information content (AvgIpc) is 3.13. The Balaban J connectivity index is 1.75. The fraction of sp³-hybridized carbons (Fsp3) is 0.667. The van der Waals surface area contributed by atoms with Crippen LogP contribution in [0.4, 0.5) is 0 Å². The number of aryl methyl sites for hydroxylation is 2. The molecular formula is C18H29N5O. The SMILES string of the molecule is CCn1cc(CN2CCOC(c3cnn(C)c3)C2)c(C(C)(C)C)n1. The van der Waals surface area contributed by atoms with E-state index in [2.05, 4.69) is 48.6 Å². The van der Waals surface area contributed by atoms with Crippen molar-refractivity contribution < 1.29 is 4.74 Å². The Morgan fingerprint density at radius 3 is 2.71 bits per heavy atom. The summed E-state index contributed by atoms with van der Waals surface area (Å²) < 4.78 is 9.84. The Kier molecular flexibility index (Phi) is 4.78. The van der Waals surface area contributed by atoms with Crippen LogP contribution in [0.25, 0.3) is 0 Å². The molecule has 132 valence electrons. The number of rotatable bonds is 4. The third kappa shape index (κ3) is 3.70. The maximum absolute atomic E-state index is 5.95. The highest BCUT2D eigenvalue weighted by molar-refractivity contribution is 5.24. The molecule has 6 nitrogen and oxygen atoms in total. The normalized spacial score (nSPS) is 19.8. The summed E-state index contributed by atoms with van der Waals surface area (Å²) in [7, 11) is 1.94. The molecule has 3 rings (SSSR count). The molecule has 3 heterocycles. The van der Waals surface area contributed by atoms with Gasteiger partial charge in [0.25, 0.3) is 0 Å². The molecule has 0 saturated carbocycles. The van der Waals surface area contributed by atoms with Crippen LogP contribution in [0.2, 0.25) is 0 Å². The summed E-state index contributed by atoms with van der Waals surface area (Å²) in [6, 6.07) is 0. The molecule has 0 aliphatic carbocycles. The first-order chi connectivity index (χ1) is 11.4. The second-order valence-corrected chi connectivity index (χ2v) is 7.65. The van der Waals surface area contributed by atoms with E-state index in [1.165, 1.54) is 11.3 Å². The van der Waals surface area contributed by atoms with Gasteiger partial charge in [0.2, 0.25) is 0 Å². The second-order valence-electron chi connectivity index (χ2n) is 7.65. The van der Waals surface area contributed by atoms with Crippen molar-refractivity contribution >= 4 is 0 Å². The number of ether oxygens (including phenoxy) is 1. The minimum atomic E-state index is 0.0603. The highest BCUT2D eigenvalue weighted by Gasteiger charge is 2.27. The molecule has 24 heavy (non-hydrogen) atoms. The maximum atomic E-state index is 5.95. The predicted octanol–water partition coefficient (Wildman–Crippen LogP) is 2.51. The molecule has 0 N–H and O–H groups in total. The molecule has 0 radical (unpaired) electrons. The van der Waals surface area contributed by atoms with Crippen LogP contribution in [0.15, 0.2) is 18.6 Å². The van der Waals surface area contributed by atoms with E-state index in [0.29, 0.717) is 0 Å². The Morgan fingerprint density at radius 2 is 2.08 bits per heavy atom. The molecule has 0 amide bonds. The molecular weight excluding hydrogens is 302 g/mol. The molecule has 0 bridgehead atoms. The van der Waals surface area contributed by atoms with Gasteiger partial charge in [-0.2, -0.15) is 10.2 Å². The lowest BCUT2D eigenvalue weighted by Crippen LogP contribution is -2.38. The molecule has 6 heteroatoms. The number of morpholine rings is 1. The summed E-state index contributed by atoms with van der Waals surface area (Å²) in [5, 5.41) is 9.06. The first kappa shape index (κ1) is 17.2. The number of nitrogens with zero attached hydrogens (tertiary/aromatic N) is 5. The van der Waals surface area contributed by atoms with E-state index >= 15 is 0 Å². The van der Waals surface area contributed by atoms with Crippen LogP contribution >= 0.6 is 0 Å². The van der Waals surface area contributed by atoms with Crippen LogP contribution in [-0.4, -0.2) is 44.2 Å². The lowest BCUT2D eigenvalue weighted by molar-refractivity contribution is -0.0330. The molecule has 1 aliphatic rings. The molecule has 1 unspecified atom stereocenters. The zero-order chi connectivity index (χ0) is 17.3. The standard InChI is InChI=1S/C18H29N5O/c1-6-23-12-15(17(20-23)18(2,3)4)11-22-7-8-24-16(13-22)14-9-19-21(5)10-14/h9-10,12,16H,6-8,11,13H2,1-5H3. The molecule has 1 saturated heterocycles. The summed E-state index contributed by atoms with van der Waals surface area (Å²) in [4.78, 5) is 2.47. The van der Waals surface area contributed by atoms with Gasteiger partial charge in [0.15, 0.2) is 0 Å². The zero-order valence-corrected chi connectivity index (χ0v) is 15.5. The van der Waals surface area contributed by atoms with Crippen LogP contribution in [0, 0.1) is 0 Å². The summed E-state index contributed by atoms with van der Waals surface area (Å²) in [6.45, 7) is 13.3. The van der Waals surface area contributed by atoms with Crippen molar-refractivity contribution in [3.63, 3.8) is 0 Å². The first-order valence-electron chi connectivity index (χ1n) is 8.76. The Labute approximate surface area is 144 Å². The van der Waals surface area contributed by atoms with E-state index in [0.717, 1.165) is 38.3 Å². The average molecular weight is 331 g/mol. The maximum Gasteiger partial charge on any atom is 0.0982 e. The van der Waals surface area contributed by atoms with Crippen LogP contribution in [0.3, 0.4) is 0 Å². The van der Waals surface area contributed by atoms with Crippen LogP contribution in [-0.2, 0) is 30.3 Å². The van der Waals surface area contributed by atoms with Gasteiger partial charge in [-0.3, -0.25) is 14.3 Å². The van der Waals surface area contributed by atoms with Gasteiger partial charge in [0, 0.05) is 62.2 Å². The summed E-state index contributed by atoms with van der Waals surface area (Å²) >= 11 is 0. The van der Waals surface area contributed by atoms with Crippen molar-refractivity contribution in [1.82, 2.24) is 24.5 Å². The van der Waals surface area contributed by atoms with Crippen molar-refractivity contribution in [2.24, 2.45) is 7.05 Å². The fourth-order valence-corrected chi connectivity index (χ4v) is 3.27.